The normalized spacial score (nSPS) is 31.8. The molecular weight excluding hydrogens is 520 g/mol. The zero-order valence-corrected chi connectivity index (χ0v) is 19.5. The minimum absolute atomic E-state index is 0.0896. The van der Waals surface area contributed by atoms with Gasteiger partial charge in [0.2, 0.25) is 11.8 Å². The molecule has 0 spiro atoms. The Balaban J connectivity index is 1.29. The number of nitrogens with zero attached hydrogens (tertiary/aromatic N) is 1. The SMILES string of the molecule is CCc1ccc(NC(=O)COC(=O)CN2C(=O)[C@@H]3[C@H]4C[C@@H]([C@@H](Br)[C@H]4Br)[C@H]3C2=O)cc1. The zero-order chi connectivity index (χ0) is 21.6. The number of likely N-dealkylation sites (tertiary alicyclic amines) is 1. The van der Waals surface area contributed by atoms with Gasteiger partial charge in [0.15, 0.2) is 6.61 Å². The topological polar surface area (TPSA) is 92.8 Å². The molecule has 2 bridgehead atoms. The molecule has 1 aromatic rings. The lowest BCUT2D eigenvalue weighted by Crippen LogP contribution is -2.38. The van der Waals surface area contributed by atoms with Crippen LogP contribution in [-0.4, -0.2) is 51.4 Å². The molecule has 0 unspecified atom stereocenters. The lowest BCUT2D eigenvalue weighted by Gasteiger charge is -2.28. The highest BCUT2D eigenvalue weighted by molar-refractivity contribution is 9.12. The van der Waals surface area contributed by atoms with Crippen LogP contribution in [-0.2, 0) is 30.3 Å². The Morgan fingerprint density at radius 3 is 2.17 bits per heavy atom. The summed E-state index contributed by atoms with van der Waals surface area (Å²) in [6, 6.07) is 7.37. The molecule has 4 rings (SSSR count). The van der Waals surface area contributed by atoms with Crippen molar-refractivity contribution in [3.8, 4) is 0 Å². The maximum atomic E-state index is 12.8. The van der Waals surface area contributed by atoms with E-state index in [2.05, 4.69) is 37.2 Å². The number of fused-ring (bicyclic) bond motifs is 5. The number of rotatable bonds is 6. The van der Waals surface area contributed by atoms with Crippen LogP contribution in [0.2, 0.25) is 0 Å². The third kappa shape index (κ3) is 3.70. The Hall–Kier alpha value is -1.74. The van der Waals surface area contributed by atoms with Gasteiger partial charge in [0, 0.05) is 15.3 Å². The van der Waals surface area contributed by atoms with E-state index >= 15 is 0 Å². The maximum Gasteiger partial charge on any atom is 0.326 e. The molecule has 7 nitrogen and oxygen atoms in total. The summed E-state index contributed by atoms with van der Waals surface area (Å²) in [5, 5.41) is 2.65. The van der Waals surface area contributed by atoms with Crippen LogP contribution in [0.25, 0.3) is 0 Å². The van der Waals surface area contributed by atoms with Crippen LogP contribution in [0.3, 0.4) is 0 Å². The fourth-order valence-corrected chi connectivity index (χ4v) is 6.78. The molecule has 3 amide bonds. The minimum atomic E-state index is -0.772. The summed E-state index contributed by atoms with van der Waals surface area (Å²) in [5.74, 6) is -2.43. The van der Waals surface area contributed by atoms with Crippen molar-refractivity contribution in [1.29, 1.82) is 0 Å². The van der Waals surface area contributed by atoms with E-state index < -0.39 is 25.0 Å². The second-order valence-corrected chi connectivity index (χ2v) is 10.1. The van der Waals surface area contributed by atoms with Gasteiger partial charge in [-0.2, -0.15) is 0 Å². The molecule has 1 aromatic carbocycles. The summed E-state index contributed by atoms with van der Waals surface area (Å²) in [5.41, 5.74) is 1.75. The number of hydrogen-bond acceptors (Lipinski definition) is 5. The van der Waals surface area contributed by atoms with Gasteiger partial charge in [-0.1, -0.05) is 50.9 Å². The third-order valence-electron chi connectivity index (χ3n) is 6.38. The summed E-state index contributed by atoms with van der Waals surface area (Å²) in [4.78, 5) is 51.1. The molecule has 2 saturated carbocycles. The van der Waals surface area contributed by atoms with E-state index in [0.717, 1.165) is 23.3 Å². The fraction of sp³-hybridized carbons (Fsp3) is 0.524. The Kier molecular flexibility index (Phi) is 6.03. The molecule has 3 aliphatic rings. The van der Waals surface area contributed by atoms with Crippen molar-refractivity contribution in [2.75, 3.05) is 18.5 Å². The van der Waals surface area contributed by atoms with E-state index in [1.165, 1.54) is 0 Å². The van der Waals surface area contributed by atoms with Crippen molar-refractivity contribution in [3.63, 3.8) is 0 Å². The van der Waals surface area contributed by atoms with Gasteiger partial charge < -0.3 is 10.1 Å². The monoisotopic (exact) mass is 540 g/mol. The van der Waals surface area contributed by atoms with Crippen LogP contribution in [0.1, 0.15) is 18.9 Å². The van der Waals surface area contributed by atoms with Gasteiger partial charge in [0.25, 0.3) is 5.91 Å². The summed E-state index contributed by atoms with van der Waals surface area (Å²) < 4.78 is 5.00. The molecule has 1 saturated heterocycles. The first-order chi connectivity index (χ1) is 14.3. The first-order valence-electron chi connectivity index (χ1n) is 9.99. The molecular formula is C21H22Br2N2O5. The smallest absolute Gasteiger partial charge is 0.326 e. The number of ether oxygens (including phenoxy) is 1. The highest BCUT2D eigenvalue weighted by Gasteiger charge is 2.66. The molecule has 1 N–H and O–H groups in total. The van der Waals surface area contributed by atoms with Gasteiger partial charge in [0.1, 0.15) is 6.54 Å². The molecule has 30 heavy (non-hydrogen) atoms. The van der Waals surface area contributed by atoms with Crippen LogP contribution in [0, 0.1) is 23.7 Å². The Labute approximate surface area is 191 Å². The quantitative estimate of drug-likeness (QED) is 0.339. The second-order valence-electron chi connectivity index (χ2n) is 8.03. The second kappa shape index (κ2) is 8.42. The van der Waals surface area contributed by atoms with Crippen LogP contribution in [0.4, 0.5) is 5.69 Å². The summed E-state index contributed by atoms with van der Waals surface area (Å²) in [7, 11) is 0. The lowest BCUT2D eigenvalue weighted by atomic mass is 9.81. The van der Waals surface area contributed by atoms with E-state index in [1.54, 1.807) is 12.1 Å². The Morgan fingerprint density at radius 2 is 1.63 bits per heavy atom. The Bertz CT molecular complexity index is 858. The Morgan fingerprint density at radius 1 is 1.07 bits per heavy atom. The number of alkyl halides is 2. The molecule has 0 aromatic heterocycles. The van der Waals surface area contributed by atoms with E-state index in [0.29, 0.717) is 5.69 Å². The predicted molar refractivity (Wildman–Crippen MR) is 116 cm³/mol. The number of anilines is 1. The number of esters is 1. The summed E-state index contributed by atoms with van der Waals surface area (Å²) >= 11 is 7.25. The number of nitrogens with one attached hydrogen (secondary N) is 1. The largest absolute Gasteiger partial charge is 0.454 e. The highest BCUT2D eigenvalue weighted by atomic mass is 79.9. The average molecular weight is 542 g/mol. The summed E-state index contributed by atoms with van der Waals surface area (Å²) in [6.45, 7) is 1.11. The lowest BCUT2D eigenvalue weighted by molar-refractivity contribution is -0.154. The number of hydrogen-bond donors (Lipinski definition) is 1. The van der Waals surface area contributed by atoms with Crippen molar-refractivity contribution in [1.82, 2.24) is 4.90 Å². The maximum absolute atomic E-state index is 12.8. The molecule has 3 fully saturated rings. The molecule has 6 atom stereocenters. The van der Waals surface area contributed by atoms with Crippen molar-refractivity contribution in [3.05, 3.63) is 29.8 Å². The van der Waals surface area contributed by atoms with Crippen LogP contribution in [0.5, 0.6) is 0 Å². The van der Waals surface area contributed by atoms with Crippen LogP contribution < -0.4 is 5.32 Å². The number of carbonyl (C=O) groups excluding carboxylic acids is 4. The standard InChI is InChI=1S/C21H22Br2N2O5/c1-2-10-3-5-11(6-4-10)24-14(26)9-30-15(27)8-25-20(28)16-12-7-13(17(16)21(25)29)19(23)18(12)22/h3-6,12-13,16-19H,2,7-9H2,1H3,(H,24,26)/t12-,13-,16-,17-,18-,19+/m1/s1. The van der Waals surface area contributed by atoms with Gasteiger partial charge in [-0.05, 0) is 42.4 Å². The van der Waals surface area contributed by atoms with E-state index in [4.69, 9.17) is 4.74 Å². The zero-order valence-electron chi connectivity index (χ0n) is 16.3. The summed E-state index contributed by atoms with van der Waals surface area (Å²) in [6.07, 6.45) is 1.73. The molecule has 1 heterocycles. The van der Waals surface area contributed by atoms with Gasteiger partial charge in [0.05, 0.1) is 11.8 Å². The van der Waals surface area contributed by atoms with Crippen molar-refractivity contribution in [2.24, 2.45) is 23.7 Å². The van der Waals surface area contributed by atoms with Crippen molar-refractivity contribution >= 4 is 61.2 Å². The molecule has 160 valence electrons. The number of carbonyl (C=O) groups is 4. The molecule has 9 heteroatoms. The number of amides is 3. The molecule has 0 radical (unpaired) electrons. The first kappa shape index (κ1) is 21.5. The molecule has 2 aliphatic carbocycles. The fourth-order valence-electron chi connectivity index (χ4n) is 4.91. The van der Waals surface area contributed by atoms with Gasteiger partial charge in [-0.15, -0.1) is 0 Å². The van der Waals surface area contributed by atoms with Crippen LogP contribution >= 0.6 is 31.9 Å². The molecule has 1 aliphatic heterocycles. The number of halogens is 2. The highest BCUT2D eigenvalue weighted by Crippen LogP contribution is 2.60. The predicted octanol–water partition coefficient (Wildman–Crippen LogP) is 2.51. The third-order valence-corrected chi connectivity index (χ3v) is 9.58. The average Bonchev–Trinajstić information content (AvgIpc) is 3.34. The van der Waals surface area contributed by atoms with E-state index in [1.807, 2.05) is 19.1 Å². The van der Waals surface area contributed by atoms with Gasteiger partial charge in [-0.3, -0.25) is 24.1 Å². The van der Waals surface area contributed by atoms with E-state index in [9.17, 15) is 19.2 Å². The van der Waals surface area contributed by atoms with Gasteiger partial charge >= 0.3 is 5.97 Å². The van der Waals surface area contributed by atoms with Gasteiger partial charge in [-0.25, -0.2) is 0 Å². The number of aryl methyl sites for hydroxylation is 1. The first-order valence-corrected chi connectivity index (χ1v) is 11.8. The van der Waals surface area contributed by atoms with E-state index in [-0.39, 0.29) is 45.1 Å². The van der Waals surface area contributed by atoms with Crippen molar-refractivity contribution in [2.45, 2.75) is 29.4 Å². The number of imide groups is 1. The number of benzene rings is 1. The van der Waals surface area contributed by atoms with Crippen molar-refractivity contribution < 1.29 is 23.9 Å². The minimum Gasteiger partial charge on any atom is -0.454 e. The van der Waals surface area contributed by atoms with Crippen LogP contribution in [0.15, 0.2) is 24.3 Å².